The van der Waals surface area contributed by atoms with Crippen molar-refractivity contribution in [1.82, 2.24) is 16.0 Å². The zero-order valence-electron chi connectivity index (χ0n) is 17.8. The lowest BCUT2D eigenvalue weighted by Crippen LogP contribution is -2.61. The Hall–Kier alpha value is -2.67. The molecule has 1 aromatic carbocycles. The SMILES string of the molecule is CC(O)C(N)C(=O)NC(CS)C(=O)NC(C(=O)NC(Cc1ccccc1)C(=O)O)C(C)O. The quantitative estimate of drug-likeness (QED) is 0.158. The number of nitrogens with one attached hydrogen (secondary N) is 3. The first-order chi connectivity index (χ1) is 15.0. The molecule has 0 aliphatic heterocycles. The van der Waals surface area contributed by atoms with Gasteiger partial charge in [-0.05, 0) is 19.4 Å². The molecule has 1 rings (SSSR count). The lowest BCUT2D eigenvalue weighted by molar-refractivity contribution is -0.143. The predicted molar refractivity (Wildman–Crippen MR) is 119 cm³/mol. The van der Waals surface area contributed by atoms with Crippen LogP contribution in [0.5, 0.6) is 0 Å². The number of amides is 3. The van der Waals surface area contributed by atoms with Crippen molar-refractivity contribution in [3.8, 4) is 0 Å². The van der Waals surface area contributed by atoms with Gasteiger partial charge in [0.1, 0.15) is 24.2 Å². The van der Waals surface area contributed by atoms with E-state index in [9.17, 15) is 34.5 Å². The summed E-state index contributed by atoms with van der Waals surface area (Å²) in [5, 5.41) is 35.7. The molecular weight excluding hydrogens is 440 g/mol. The van der Waals surface area contributed by atoms with E-state index in [0.29, 0.717) is 5.56 Å². The van der Waals surface area contributed by atoms with Crippen LogP contribution < -0.4 is 21.7 Å². The van der Waals surface area contributed by atoms with Crippen LogP contribution in [0.1, 0.15) is 19.4 Å². The van der Waals surface area contributed by atoms with Gasteiger partial charge in [0.25, 0.3) is 0 Å². The maximum Gasteiger partial charge on any atom is 0.326 e. The molecule has 0 heterocycles. The summed E-state index contributed by atoms with van der Waals surface area (Å²) in [6.07, 6.45) is -2.54. The summed E-state index contributed by atoms with van der Waals surface area (Å²) in [7, 11) is 0. The van der Waals surface area contributed by atoms with Gasteiger partial charge in [0.15, 0.2) is 0 Å². The highest BCUT2D eigenvalue weighted by Gasteiger charge is 2.32. The first-order valence-electron chi connectivity index (χ1n) is 9.88. The molecule has 0 radical (unpaired) electrons. The molecule has 6 atom stereocenters. The highest BCUT2D eigenvalue weighted by molar-refractivity contribution is 7.80. The van der Waals surface area contributed by atoms with Crippen LogP contribution in [-0.4, -0.2) is 81.1 Å². The number of rotatable bonds is 12. The van der Waals surface area contributed by atoms with Gasteiger partial charge in [0.2, 0.25) is 17.7 Å². The molecule has 32 heavy (non-hydrogen) atoms. The number of hydrogen-bond acceptors (Lipinski definition) is 8. The Morgan fingerprint density at radius 3 is 1.94 bits per heavy atom. The average molecular weight is 471 g/mol. The van der Waals surface area contributed by atoms with Crippen molar-refractivity contribution < 1.29 is 34.5 Å². The predicted octanol–water partition coefficient (Wildman–Crippen LogP) is -2.21. The van der Waals surface area contributed by atoms with Gasteiger partial charge in [-0.1, -0.05) is 30.3 Å². The third kappa shape index (κ3) is 8.46. The molecule has 6 unspecified atom stereocenters. The molecule has 0 aromatic heterocycles. The van der Waals surface area contributed by atoms with Crippen molar-refractivity contribution in [2.45, 2.75) is 56.6 Å². The topological polar surface area (TPSA) is 191 Å². The molecule has 0 aliphatic carbocycles. The number of nitrogens with two attached hydrogens (primary N) is 1. The van der Waals surface area contributed by atoms with Crippen molar-refractivity contribution in [3.63, 3.8) is 0 Å². The van der Waals surface area contributed by atoms with E-state index in [-0.39, 0.29) is 12.2 Å². The number of aliphatic hydroxyl groups is 2. The fraction of sp³-hybridized carbons (Fsp3) is 0.500. The average Bonchev–Trinajstić information content (AvgIpc) is 2.74. The zero-order chi connectivity index (χ0) is 24.4. The van der Waals surface area contributed by atoms with Gasteiger partial charge in [-0.25, -0.2) is 4.79 Å². The highest BCUT2D eigenvalue weighted by Crippen LogP contribution is 2.05. The van der Waals surface area contributed by atoms with E-state index in [4.69, 9.17) is 5.73 Å². The van der Waals surface area contributed by atoms with Crippen LogP contribution in [0.15, 0.2) is 30.3 Å². The highest BCUT2D eigenvalue weighted by atomic mass is 32.1. The molecule has 0 spiro atoms. The van der Waals surface area contributed by atoms with Crippen molar-refractivity contribution in [1.29, 1.82) is 0 Å². The van der Waals surface area contributed by atoms with Crippen LogP contribution in [0.3, 0.4) is 0 Å². The number of carbonyl (C=O) groups excluding carboxylic acids is 3. The number of benzene rings is 1. The first-order valence-corrected chi connectivity index (χ1v) is 10.5. The maximum atomic E-state index is 12.6. The van der Waals surface area contributed by atoms with Gasteiger partial charge in [-0.3, -0.25) is 14.4 Å². The first kappa shape index (κ1) is 27.4. The molecule has 0 aliphatic rings. The Morgan fingerprint density at radius 1 is 0.906 bits per heavy atom. The number of carbonyl (C=O) groups is 4. The van der Waals surface area contributed by atoms with Gasteiger partial charge < -0.3 is 37.0 Å². The Morgan fingerprint density at radius 2 is 1.47 bits per heavy atom. The van der Waals surface area contributed by atoms with Crippen LogP contribution in [0.4, 0.5) is 0 Å². The maximum absolute atomic E-state index is 12.6. The third-order valence-electron chi connectivity index (χ3n) is 4.60. The van der Waals surface area contributed by atoms with Crippen LogP contribution in [0, 0.1) is 0 Å². The fourth-order valence-corrected chi connectivity index (χ4v) is 2.91. The summed E-state index contributed by atoms with van der Waals surface area (Å²) in [5.74, 6) is -4.01. The molecule has 0 saturated carbocycles. The van der Waals surface area contributed by atoms with Gasteiger partial charge in [0.05, 0.1) is 12.2 Å². The summed E-state index contributed by atoms with van der Waals surface area (Å²) >= 11 is 3.99. The monoisotopic (exact) mass is 470 g/mol. The molecule has 178 valence electrons. The molecule has 12 heteroatoms. The molecular formula is C20H30N4O7S. The van der Waals surface area contributed by atoms with Gasteiger partial charge in [-0.2, -0.15) is 12.6 Å². The second-order valence-electron chi connectivity index (χ2n) is 7.33. The second-order valence-corrected chi connectivity index (χ2v) is 7.69. The summed E-state index contributed by atoms with van der Waals surface area (Å²) in [6.45, 7) is 2.55. The van der Waals surface area contributed by atoms with Crippen LogP contribution in [0.2, 0.25) is 0 Å². The van der Waals surface area contributed by atoms with Crippen LogP contribution in [0.25, 0.3) is 0 Å². The summed E-state index contributed by atoms with van der Waals surface area (Å²) in [5.41, 5.74) is 6.20. The Kier molecular flexibility index (Phi) is 11.1. The van der Waals surface area contributed by atoms with Gasteiger partial charge in [-0.15, -0.1) is 0 Å². The molecule has 8 N–H and O–H groups in total. The molecule has 0 fully saturated rings. The minimum Gasteiger partial charge on any atom is -0.480 e. The van der Waals surface area contributed by atoms with E-state index in [1.165, 1.54) is 13.8 Å². The minimum atomic E-state index is -1.50. The van der Waals surface area contributed by atoms with Crippen LogP contribution >= 0.6 is 12.6 Å². The number of thiol groups is 1. The van der Waals surface area contributed by atoms with Crippen LogP contribution in [-0.2, 0) is 25.6 Å². The third-order valence-corrected chi connectivity index (χ3v) is 4.96. The zero-order valence-corrected chi connectivity index (χ0v) is 18.7. The van der Waals surface area contributed by atoms with Crippen molar-refractivity contribution in [2.75, 3.05) is 5.75 Å². The fourth-order valence-electron chi connectivity index (χ4n) is 2.65. The van der Waals surface area contributed by atoms with E-state index in [1.807, 2.05) is 0 Å². The molecule has 1 aromatic rings. The minimum absolute atomic E-state index is 0.00502. The summed E-state index contributed by atoms with van der Waals surface area (Å²) in [6, 6.07) is 3.33. The molecule has 0 bridgehead atoms. The van der Waals surface area contributed by atoms with E-state index < -0.39 is 60.1 Å². The number of hydrogen-bond donors (Lipinski definition) is 8. The van der Waals surface area contributed by atoms with E-state index >= 15 is 0 Å². The van der Waals surface area contributed by atoms with Gasteiger partial charge in [0, 0.05) is 12.2 Å². The summed E-state index contributed by atoms with van der Waals surface area (Å²) in [4.78, 5) is 48.8. The lowest BCUT2D eigenvalue weighted by atomic mass is 10.0. The van der Waals surface area contributed by atoms with Crippen molar-refractivity contribution in [3.05, 3.63) is 35.9 Å². The van der Waals surface area contributed by atoms with Gasteiger partial charge >= 0.3 is 5.97 Å². The Labute approximate surface area is 191 Å². The largest absolute Gasteiger partial charge is 0.480 e. The Balaban J connectivity index is 2.87. The molecule has 3 amide bonds. The number of carboxylic acids is 1. The lowest BCUT2D eigenvalue weighted by Gasteiger charge is -2.26. The smallest absolute Gasteiger partial charge is 0.326 e. The second kappa shape index (κ2) is 13.0. The standard InChI is InChI=1S/C20H30N4O7S/c1-10(25)15(21)18(28)23-14(9-32)17(27)24-16(11(2)26)19(29)22-13(20(30)31)8-12-6-4-3-5-7-12/h3-7,10-11,13-16,25-26,32H,8-9,21H2,1-2H3,(H,22,29)(H,23,28)(H,24,27)(H,30,31). The molecule has 0 saturated heterocycles. The van der Waals surface area contributed by atoms with Crippen molar-refractivity contribution >= 4 is 36.3 Å². The normalized spacial score (nSPS) is 16.6. The number of aliphatic carboxylic acids is 1. The number of aliphatic hydroxyl groups excluding tert-OH is 2. The van der Waals surface area contributed by atoms with E-state index in [2.05, 4.69) is 28.6 Å². The van der Waals surface area contributed by atoms with E-state index in [0.717, 1.165) is 0 Å². The van der Waals surface area contributed by atoms with Crippen molar-refractivity contribution in [2.24, 2.45) is 5.73 Å². The Bertz CT molecular complexity index is 791. The molecule has 11 nitrogen and oxygen atoms in total. The summed E-state index contributed by atoms with van der Waals surface area (Å²) < 4.78 is 0. The number of carboxylic acid groups (broad SMARTS) is 1. The van der Waals surface area contributed by atoms with E-state index in [1.54, 1.807) is 30.3 Å².